The number of hydrogen-bond donors (Lipinski definition) is 1. The topological polar surface area (TPSA) is 12.0 Å². The smallest absolute Gasteiger partial charge is 0.00924 e. The van der Waals surface area contributed by atoms with E-state index in [1.54, 1.807) is 0 Å². The van der Waals surface area contributed by atoms with E-state index in [0.717, 1.165) is 12.0 Å². The maximum atomic E-state index is 3.53. The van der Waals surface area contributed by atoms with Crippen LogP contribution in [0.25, 0.3) is 0 Å². The third-order valence-electron chi connectivity index (χ3n) is 3.60. The van der Waals surface area contributed by atoms with E-state index in [2.05, 4.69) is 47.0 Å². The molecule has 0 saturated heterocycles. The molecular weight excluding hydrogens is 194 g/mol. The van der Waals surface area contributed by atoms with Gasteiger partial charge in [0.25, 0.3) is 0 Å². The largest absolute Gasteiger partial charge is 0.317 e. The Morgan fingerprint density at radius 3 is 2.06 bits per heavy atom. The van der Waals surface area contributed by atoms with E-state index in [4.69, 9.17) is 0 Å². The highest BCUT2D eigenvalue weighted by atomic mass is 14.9. The molecule has 0 amide bonds. The summed E-state index contributed by atoms with van der Waals surface area (Å²) >= 11 is 0. The Balaban J connectivity index is 4.11. The minimum atomic E-state index is 0.470. The van der Waals surface area contributed by atoms with E-state index >= 15 is 0 Å². The van der Waals surface area contributed by atoms with Crippen LogP contribution < -0.4 is 5.32 Å². The Bertz CT molecular complexity index is 157. The van der Waals surface area contributed by atoms with Crippen LogP contribution in [0.15, 0.2) is 0 Å². The quantitative estimate of drug-likeness (QED) is 0.638. The van der Waals surface area contributed by atoms with Crippen molar-refractivity contribution in [1.29, 1.82) is 0 Å². The maximum Gasteiger partial charge on any atom is 0.00924 e. The van der Waals surface area contributed by atoms with Crippen molar-refractivity contribution in [2.45, 2.75) is 79.2 Å². The molecule has 0 aromatic rings. The zero-order valence-corrected chi connectivity index (χ0v) is 12.4. The van der Waals surface area contributed by atoms with Crippen molar-refractivity contribution in [3.63, 3.8) is 0 Å². The van der Waals surface area contributed by atoms with Crippen molar-refractivity contribution in [2.75, 3.05) is 7.05 Å². The van der Waals surface area contributed by atoms with Gasteiger partial charge in [-0.1, -0.05) is 53.9 Å². The van der Waals surface area contributed by atoms with Crippen molar-refractivity contribution in [2.24, 2.45) is 11.3 Å². The van der Waals surface area contributed by atoms with E-state index in [1.807, 2.05) is 0 Å². The van der Waals surface area contributed by atoms with Gasteiger partial charge < -0.3 is 5.32 Å². The molecular formula is C15H33N. The van der Waals surface area contributed by atoms with Crippen LogP contribution in [0, 0.1) is 11.3 Å². The molecule has 2 unspecified atom stereocenters. The van der Waals surface area contributed by atoms with Crippen molar-refractivity contribution in [3.8, 4) is 0 Å². The zero-order chi connectivity index (χ0) is 12.6. The standard InChI is InChI=1S/C15H33N/c1-7-9-10-13(8-2)14(16-6)11-12-15(3,4)5/h13-14,16H,7-12H2,1-6H3. The Morgan fingerprint density at radius 2 is 1.69 bits per heavy atom. The number of hydrogen-bond acceptors (Lipinski definition) is 1. The van der Waals surface area contributed by atoms with E-state index < -0.39 is 0 Å². The molecule has 0 aromatic carbocycles. The average molecular weight is 227 g/mol. The first-order chi connectivity index (χ1) is 7.44. The molecule has 0 aromatic heterocycles. The first-order valence-corrected chi connectivity index (χ1v) is 7.11. The predicted molar refractivity (Wildman–Crippen MR) is 74.8 cm³/mol. The first kappa shape index (κ1) is 16.0. The Hall–Kier alpha value is -0.0400. The van der Waals surface area contributed by atoms with Crippen molar-refractivity contribution in [1.82, 2.24) is 5.32 Å². The van der Waals surface area contributed by atoms with Gasteiger partial charge in [-0.2, -0.15) is 0 Å². The van der Waals surface area contributed by atoms with Gasteiger partial charge in [0.05, 0.1) is 0 Å². The summed E-state index contributed by atoms with van der Waals surface area (Å²) in [6.07, 6.45) is 8.06. The van der Waals surface area contributed by atoms with Gasteiger partial charge in [0.2, 0.25) is 0 Å². The fraction of sp³-hybridized carbons (Fsp3) is 1.00. The van der Waals surface area contributed by atoms with Crippen LogP contribution in [-0.4, -0.2) is 13.1 Å². The summed E-state index contributed by atoms with van der Waals surface area (Å²) in [7, 11) is 2.13. The minimum absolute atomic E-state index is 0.470. The summed E-state index contributed by atoms with van der Waals surface area (Å²) in [5.41, 5.74) is 0.470. The highest BCUT2D eigenvalue weighted by molar-refractivity contribution is 4.76. The van der Waals surface area contributed by atoms with E-state index in [9.17, 15) is 0 Å². The molecule has 1 heteroatoms. The molecule has 0 spiro atoms. The second kappa shape index (κ2) is 8.11. The lowest BCUT2D eigenvalue weighted by molar-refractivity contribution is 0.269. The molecule has 0 heterocycles. The molecule has 2 atom stereocenters. The lowest BCUT2D eigenvalue weighted by Gasteiger charge is -2.29. The van der Waals surface area contributed by atoms with E-state index in [0.29, 0.717) is 5.41 Å². The summed E-state index contributed by atoms with van der Waals surface area (Å²) in [6, 6.07) is 0.718. The molecule has 0 aliphatic rings. The van der Waals surface area contributed by atoms with Gasteiger partial charge in [-0.3, -0.25) is 0 Å². The van der Waals surface area contributed by atoms with Crippen molar-refractivity contribution >= 4 is 0 Å². The van der Waals surface area contributed by atoms with Crippen LogP contribution in [0.3, 0.4) is 0 Å². The number of unbranched alkanes of at least 4 members (excludes halogenated alkanes) is 1. The molecule has 0 radical (unpaired) electrons. The van der Waals surface area contributed by atoms with Crippen LogP contribution in [0.4, 0.5) is 0 Å². The second-order valence-corrected chi connectivity index (χ2v) is 6.31. The first-order valence-electron chi connectivity index (χ1n) is 7.11. The molecule has 0 fully saturated rings. The molecule has 0 bridgehead atoms. The van der Waals surface area contributed by atoms with Crippen LogP contribution in [0.2, 0.25) is 0 Å². The van der Waals surface area contributed by atoms with Gasteiger partial charge in [0.1, 0.15) is 0 Å². The summed E-state index contributed by atoms with van der Waals surface area (Å²) in [5.74, 6) is 0.868. The van der Waals surface area contributed by atoms with Crippen LogP contribution in [-0.2, 0) is 0 Å². The maximum absolute atomic E-state index is 3.53. The minimum Gasteiger partial charge on any atom is -0.317 e. The van der Waals surface area contributed by atoms with Gasteiger partial charge in [-0.05, 0) is 37.6 Å². The highest BCUT2D eigenvalue weighted by Gasteiger charge is 2.20. The second-order valence-electron chi connectivity index (χ2n) is 6.31. The summed E-state index contributed by atoms with van der Waals surface area (Å²) in [5, 5.41) is 3.53. The number of nitrogens with one attached hydrogen (secondary N) is 1. The highest BCUT2D eigenvalue weighted by Crippen LogP contribution is 2.26. The monoisotopic (exact) mass is 227 g/mol. The van der Waals surface area contributed by atoms with Crippen LogP contribution >= 0.6 is 0 Å². The predicted octanol–water partition coefficient (Wildman–Crippen LogP) is 4.62. The van der Waals surface area contributed by atoms with Gasteiger partial charge >= 0.3 is 0 Å². The molecule has 98 valence electrons. The molecule has 0 aliphatic carbocycles. The van der Waals surface area contributed by atoms with Gasteiger partial charge in [0.15, 0.2) is 0 Å². The Morgan fingerprint density at radius 1 is 1.06 bits per heavy atom. The fourth-order valence-corrected chi connectivity index (χ4v) is 2.36. The van der Waals surface area contributed by atoms with Gasteiger partial charge in [0, 0.05) is 6.04 Å². The van der Waals surface area contributed by atoms with E-state index in [1.165, 1.54) is 38.5 Å². The summed E-state index contributed by atoms with van der Waals surface area (Å²) in [6.45, 7) is 11.6. The molecule has 1 nitrogen and oxygen atoms in total. The average Bonchev–Trinajstić information content (AvgIpc) is 2.21. The van der Waals surface area contributed by atoms with E-state index in [-0.39, 0.29) is 0 Å². The van der Waals surface area contributed by atoms with Gasteiger partial charge in [-0.15, -0.1) is 0 Å². The SMILES string of the molecule is CCCCC(CC)C(CCC(C)(C)C)NC. The third-order valence-corrected chi connectivity index (χ3v) is 3.60. The Labute approximate surface area is 103 Å². The van der Waals surface area contributed by atoms with Gasteiger partial charge in [-0.25, -0.2) is 0 Å². The van der Waals surface area contributed by atoms with Crippen LogP contribution in [0.1, 0.15) is 73.1 Å². The molecule has 0 saturated carbocycles. The summed E-state index contributed by atoms with van der Waals surface area (Å²) in [4.78, 5) is 0. The Kier molecular flexibility index (Phi) is 8.09. The van der Waals surface area contributed by atoms with Crippen molar-refractivity contribution in [3.05, 3.63) is 0 Å². The van der Waals surface area contributed by atoms with Crippen LogP contribution in [0.5, 0.6) is 0 Å². The summed E-state index contributed by atoms with van der Waals surface area (Å²) < 4.78 is 0. The van der Waals surface area contributed by atoms with Crippen molar-refractivity contribution < 1.29 is 0 Å². The molecule has 0 aliphatic heterocycles. The molecule has 16 heavy (non-hydrogen) atoms. The molecule has 1 N–H and O–H groups in total. The number of rotatable bonds is 8. The molecule has 0 rings (SSSR count). The third kappa shape index (κ3) is 7.27. The zero-order valence-electron chi connectivity index (χ0n) is 12.4. The fourth-order valence-electron chi connectivity index (χ4n) is 2.36. The normalized spacial score (nSPS) is 16.1. The lowest BCUT2D eigenvalue weighted by atomic mass is 9.83. The lowest BCUT2D eigenvalue weighted by Crippen LogP contribution is -2.34.